The van der Waals surface area contributed by atoms with E-state index in [4.69, 9.17) is 4.74 Å². The number of nitrogens with one attached hydrogen (secondary N) is 2. The molecule has 0 heterocycles. The summed E-state index contributed by atoms with van der Waals surface area (Å²) in [6.45, 7) is 4.43. The van der Waals surface area contributed by atoms with E-state index in [2.05, 4.69) is 10.6 Å². The van der Waals surface area contributed by atoms with Crippen molar-refractivity contribution >= 4 is 17.7 Å². The molecule has 0 aliphatic rings. The molecule has 23 heavy (non-hydrogen) atoms. The molecule has 2 aromatic rings. The van der Waals surface area contributed by atoms with E-state index in [1.807, 2.05) is 31.2 Å². The molecule has 5 heteroatoms. The molecule has 0 saturated heterocycles. The van der Waals surface area contributed by atoms with Gasteiger partial charge in [0.05, 0.1) is 17.9 Å². The first-order valence-electron chi connectivity index (χ1n) is 7.47. The van der Waals surface area contributed by atoms with Crippen molar-refractivity contribution in [2.45, 2.75) is 20.4 Å². The van der Waals surface area contributed by atoms with Gasteiger partial charge in [0.2, 0.25) is 0 Å². The number of anilines is 1. The normalized spacial score (nSPS) is 10.0. The van der Waals surface area contributed by atoms with Gasteiger partial charge in [-0.3, -0.25) is 0 Å². The predicted molar refractivity (Wildman–Crippen MR) is 89.4 cm³/mol. The number of urea groups is 1. The van der Waals surface area contributed by atoms with Crippen LogP contribution in [0.5, 0.6) is 0 Å². The average Bonchev–Trinajstić information content (AvgIpc) is 2.55. The number of aryl methyl sites for hydroxylation is 1. The molecule has 120 valence electrons. The fourth-order valence-electron chi connectivity index (χ4n) is 2.13. The number of carbonyl (C=O) groups excluding carboxylic acids is 2. The Balaban J connectivity index is 2.01. The first kappa shape index (κ1) is 16.5. The minimum Gasteiger partial charge on any atom is -0.462 e. The molecule has 0 radical (unpaired) electrons. The molecule has 0 aliphatic heterocycles. The van der Waals surface area contributed by atoms with E-state index in [9.17, 15) is 9.59 Å². The molecule has 5 nitrogen and oxygen atoms in total. The summed E-state index contributed by atoms with van der Waals surface area (Å²) < 4.78 is 4.98. The maximum absolute atomic E-state index is 12.1. The van der Waals surface area contributed by atoms with Crippen molar-refractivity contribution in [2.24, 2.45) is 0 Å². The summed E-state index contributed by atoms with van der Waals surface area (Å²) in [6, 6.07) is 14.2. The highest BCUT2D eigenvalue weighted by atomic mass is 16.5. The number of benzene rings is 2. The fourth-order valence-corrected chi connectivity index (χ4v) is 2.13. The Morgan fingerprint density at radius 1 is 1.04 bits per heavy atom. The van der Waals surface area contributed by atoms with Crippen LogP contribution in [0.3, 0.4) is 0 Å². The number of amides is 2. The van der Waals surface area contributed by atoms with Gasteiger partial charge in [-0.1, -0.05) is 36.4 Å². The Kier molecular flexibility index (Phi) is 5.74. The molecule has 0 saturated carbocycles. The van der Waals surface area contributed by atoms with Crippen molar-refractivity contribution in [1.29, 1.82) is 0 Å². The maximum Gasteiger partial charge on any atom is 0.340 e. The number of para-hydroxylation sites is 1. The van der Waals surface area contributed by atoms with E-state index >= 15 is 0 Å². The van der Waals surface area contributed by atoms with Gasteiger partial charge >= 0.3 is 12.0 Å². The smallest absolute Gasteiger partial charge is 0.340 e. The zero-order valence-corrected chi connectivity index (χ0v) is 13.3. The highest BCUT2D eigenvalue weighted by molar-refractivity contribution is 6.00. The van der Waals surface area contributed by atoms with Crippen molar-refractivity contribution in [2.75, 3.05) is 11.9 Å². The molecule has 2 rings (SSSR count). The summed E-state index contributed by atoms with van der Waals surface area (Å²) in [4.78, 5) is 23.9. The number of hydrogen-bond acceptors (Lipinski definition) is 3. The zero-order chi connectivity index (χ0) is 16.7. The molecule has 0 spiro atoms. The second kappa shape index (κ2) is 7.98. The minimum absolute atomic E-state index is 0.284. The average molecular weight is 312 g/mol. The van der Waals surface area contributed by atoms with Gasteiger partial charge < -0.3 is 15.4 Å². The molecule has 0 aromatic heterocycles. The van der Waals surface area contributed by atoms with Crippen LogP contribution >= 0.6 is 0 Å². The highest BCUT2D eigenvalue weighted by Gasteiger charge is 2.13. The van der Waals surface area contributed by atoms with Gasteiger partial charge in [-0.2, -0.15) is 0 Å². The second-order valence-electron chi connectivity index (χ2n) is 5.00. The van der Waals surface area contributed by atoms with E-state index in [1.165, 1.54) is 0 Å². The third kappa shape index (κ3) is 4.57. The summed E-state index contributed by atoms with van der Waals surface area (Å²) in [6.07, 6.45) is 0. The molecule has 0 unspecified atom stereocenters. The lowest BCUT2D eigenvalue weighted by atomic mass is 10.1. The third-order valence-corrected chi connectivity index (χ3v) is 3.37. The summed E-state index contributed by atoms with van der Waals surface area (Å²) in [5.74, 6) is -0.456. The van der Waals surface area contributed by atoms with Crippen molar-refractivity contribution in [3.05, 3.63) is 65.2 Å². The van der Waals surface area contributed by atoms with Crippen LogP contribution in [-0.4, -0.2) is 18.6 Å². The monoisotopic (exact) mass is 312 g/mol. The number of ether oxygens (including phenoxy) is 1. The van der Waals surface area contributed by atoms with Gasteiger partial charge in [-0.15, -0.1) is 0 Å². The Hall–Kier alpha value is -2.82. The Labute approximate surface area is 135 Å². The van der Waals surface area contributed by atoms with Crippen LogP contribution in [0.25, 0.3) is 0 Å². The van der Waals surface area contributed by atoms with Gasteiger partial charge in [0.1, 0.15) is 0 Å². The van der Waals surface area contributed by atoms with Gasteiger partial charge in [-0.05, 0) is 37.1 Å². The molecule has 2 aromatic carbocycles. The molecule has 0 fully saturated rings. The number of hydrogen-bond donors (Lipinski definition) is 2. The van der Waals surface area contributed by atoms with E-state index in [-0.39, 0.29) is 12.6 Å². The molecule has 2 N–H and O–H groups in total. The van der Waals surface area contributed by atoms with Crippen molar-refractivity contribution < 1.29 is 14.3 Å². The Morgan fingerprint density at radius 3 is 2.48 bits per heavy atom. The zero-order valence-electron chi connectivity index (χ0n) is 13.3. The predicted octanol–water partition coefficient (Wildman–Crippen LogP) is 3.49. The van der Waals surface area contributed by atoms with Crippen molar-refractivity contribution in [1.82, 2.24) is 5.32 Å². The van der Waals surface area contributed by atoms with Crippen LogP contribution in [-0.2, 0) is 11.3 Å². The summed E-state index contributed by atoms with van der Waals surface area (Å²) in [5.41, 5.74) is 2.91. The third-order valence-electron chi connectivity index (χ3n) is 3.37. The topological polar surface area (TPSA) is 67.4 Å². The highest BCUT2D eigenvalue weighted by Crippen LogP contribution is 2.16. The largest absolute Gasteiger partial charge is 0.462 e. The second-order valence-corrected chi connectivity index (χ2v) is 5.00. The quantitative estimate of drug-likeness (QED) is 0.830. The molecular formula is C18H20N2O3. The standard InChI is InChI=1S/C18H20N2O3/c1-3-23-17(21)15-10-6-7-11-16(15)20-18(22)19-12-14-9-5-4-8-13(14)2/h4-11H,3,12H2,1-2H3,(H2,19,20,22). The maximum atomic E-state index is 12.1. The minimum atomic E-state index is -0.456. The van der Waals surface area contributed by atoms with E-state index in [0.717, 1.165) is 11.1 Å². The van der Waals surface area contributed by atoms with Crippen LogP contribution in [0.15, 0.2) is 48.5 Å². The van der Waals surface area contributed by atoms with Gasteiger partial charge in [0.15, 0.2) is 0 Å². The van der Waals surface area contributed by atoms with Gasteiger partial charge in [-0.25, -0.2) is 9.59 Å². The molecule has 0 atom stereocenters. The number of rotatable bonds is 5. The van der Waals surface area contributed by atoms with Crippen LogP contribution in [0, 0.1) is 6.92 Å². The lowest BCUT2D eigenvalue weighted by Crippen LogP contribution is -2.29. The lowest BCUT2D eigenvalue weighted by Gasteiger charge is -2.12. The van der Waals surface area contributed by atoms with Gasteiger partial charge in [0, 0.05) is 6.54 Å². The summed E-state index contributed by atoms with van der Waals surface area (Å²) in [7, 11) is 0. The van der Waals surface area contributed by atoms with E-state index in [1.54, 1.807) is 31.2 Å². The van der Waals surface area contributed by atoms with Gasteiger partial charge in [0.25, 0.3) is 0 Å². The van der Waals surface area contributed by atoms with E-state index in [0.29, 0.717) is 17.8 Å². The Bertz CT molecular complexity index is 698. The lowest BCUT2D eigenvalue weighted by molar-refractivity contribution is 0.0527. The summed E-state index contributed by atoms with van der Waals surface area (Å²) in [5, 5.41) is 5.47. The molecule has 0 aliphatic carbocycles. The molecular weight excluding hydrogens is 292 g/mol. The first-order chi connectivity index (χ1) is 11.1. The van der Waals surface area contributed by atoms with E-state index < -0.39 is 5.97 Å². The van der Waals surface area contributed by atoms with Crippen LogP contribution < -0.4 is 10.6 Å². The molecule has 0 bridgehead atoms. The number of esters is 1. The first-order valence-corrected chi connectivity index (χ1v) is 7.47. The Morgan fingerprint density at radius 2 is 1.74 bits per heavy atom. The van der Waals surface area contributed by atoms with Crippen LogP contribution in [0.1, 0.15) is 28.4 Å². The van der Waals surface area contributed by atoms with Crippen LogP contribution in [0.4, 0.5) is 10.5 Å². The van der Waals surface area contributed by atoms with Crippen molar-refractivity contribution in [3.8, 4) is 0 Å². The fraction of sp³-hybridized carbons (Fsp3) is 0.222. The number of carbonyl (C=O) groups is 2. The van der Waals surface area contributed by atoms with Crippen molar-refractivity contribution in [3.63, 3.8) is 0 Å². The van der Waals surface area contributed by atoms with Crippen LogP contribution in [0.2, 0.25) is 0 Å². The SMILES string of the molecule is CCOC(=O)c1ccccc1NC(=O)NCc1ccccc1C. The molecule has 2 amide bonds. The summed E-state index contributed by atoms with van der Waals surface area (Å²) >= 11 is 0.